The summed E-state index contributed by atoms with van der Waals surface area (Å²) in [7, 11) is -2.96. The first-order chi connectivity index (χ1) is 5.83. The summed E-state index contributed by atoms with van der Waals surface area (Å²) < 4.78 is 6.24. The second kappa shape index (κ2) is 4.93. The van der Waals surface area contributed by atoms with Crippen molar-refractivity contribution >= 4 is 16.6 Å². The fourth-order valence-electron chi connectivity index (χ4n) is 1.52. The van der Waals surface area contributed by atoms with E-state index in [-0.39, 0.29) is 0 Å². The van der Waals surface area contributed by atoms with Gasteiger partial charge in [0.1, 0.15) is 0 Å². The van der Waals surface area contributed by atoms with Gasteiger partial charge in [0.2, 0.25) is 0 Å². The van der Waals surface area contributed by atoms with Gasteiger partial charge in [-0.3, -0.25) is 0 Å². The number of allylic oxidation sites excluding steroid dienone is 2. The Morgan fingerprint density at radius 2 is 1.38 bits per heavy atom. The fourth-order valence-corrected chi connectivity index (χ4v) is 9.48. The van der Waals surface area contributed by atoms with E-state index in [9.17, 15) is 0 Å². The Morgan fingerprint density at radius 1 is 1.00 bits per heavy atom. The zero-order chi connectivity index (χ0) is 10.5. The first-order valence-electron chi connectivity index (χ1n) is 4.75. The second-order valence-corrected chi connectivity index (χ2v) is 13.4. The zero-order valence-corrected chi connectivity index (χ0v) is 11.4. The van der Waals surface area contributed by atoms with Crippen LogP contribution in [-0.2, 0) is 4.12 Å². The minimum absolute atomic E-state index is 1.03. The third-order valence-corrected chi connectivity index (χ3v) is 8.43. The molecule has 76 valence electrons. The molecule has 0 N–H and O–H groups in total. The molecule has 0 radical (unpaired) electrons. The topological polar surface area (TPSA) is 9.23 Å². The SMILES string of the molecule is C=CC[Si](C)(CC=C)O[Si](C)(C)C. The summed E-state index contributed by atoms with van der Waals surface area (Å²) in [6.45, 7) is 16.6. The first-order valence-corrected chi connectivity index (χ1v) is 11.0. The van der Waals surface area contributed by atoms with Crippen molar-refractivity contribution in [3.05, 3.63) is 25.3 Å². The van der Waals surface area contributed by atoms with E-state index in [4.69, 9.17) is 4.12 Å². The molecule has 3 heteroatoms. The normalized spacial score (nSPS) is 12.6. The Kier molecular flexibility index (Phi) is 4.88. The van der Waals surface area contributed by atoms with Gasteiger partial charge in [-0.2, -0.15) is 0 Å². The Morgan fingerprint density at radius 3 is 1.62 bits per heavy atom. The van der Waals surface area contributed by atoms with Crippen molar-refractivity contribution < 1.29 is 4.12 Å². The molecule has 0 saturated carbocycles. The van der Waals surface area contributed by atoms with Crippen molar-refractivity contribution in [1.82, 2.24) is 0 Å². The predicted octanol–water partition coefficient (Wildman–Crippen LogP) is 3.79. The van der Waals surface area contributed by atoms with Gasteiger partial charge in [0.15, 0.2) is 16.6 Å². The smallest absolute Gasteiger partial charge is 0.184 e. The third-order valence-electron chi connectivity index (χ3n) is 1.70. The van der Waals surface area contributed by atoms with Crippen LogP contribution in [0.3, 0.4) is 0 Å². The standard InChI is InChI=1S/C10H22OSi2/c1-7-9-13(6,10-8-2)11-12(3,4)5/h7-8H,1-2,9-10H2,3-6H3. The van der Waals surface area contributed by atoms with Crippen molar-refractivity contribution in [2.24, 2.45) is 0 Å². The average molecular weight is 214 g/mol. The van der Waals surface area contributed by atoms with E-state index < -0.39 is 16.6 Å². The Hall–Kier alpha value is -0.126. The van der Waals surface area contributed by atoms with E-state index in [1.165, 1.54) is 0 Å². The van der Waals surface area contributed by atoms with Crippen LogP contribution in [0.5, 0.6) is 0 Å². The van der Waals surface area contributed by atoms with Crippen LogP contribution in [0.2, 0.25) is 38.3 Å². The van der Waals surface area contributed by atoms with Crippen molar-refractivity contribution in [1.29, 1.82) is 0 Å². The Bertz CT molecular complexity index is 172. The lowest BCUT2D eigenvalue weighted by molar-refractivity contribution is 0.548. The molecule has 0 aliphatic heterocycles. The van der Waals surface area contributed by atoms with E-state index in [0.717, 1.165) is 12.1 Å². The van der Waals surface area contributed by atoms with Gasteiger partial charge >= 0.3 is 0 Å². The van der Waals surface area contributed by atoms with Crippen LogP contribution in [0.1, 0.15) is 0 Å². The van der Waals surface area contributed by atoms with Crippen LogP contribution in [0.25, 0.3) is 0 Å². The molecular formula is C10H22OSi2. The van der Waals surface area contributed by atoms with Crippen LogP contribution in [0, 0.1) is 0 Å². The van der Waals surface area contributed by atoms with Gasteiger partial charge in [-0.25, -0.2) is 0 Å². The molecule has 0 aromatic carbocycles. The van der Waals surface area contributed by atoms with Crippen LogP contribution < -0.4 is 0 Å². The monoisotopic (exact) mass is 214 g/mol. The Labute approximate surface area is 84.8 Å². The van der Waals surface area contributed by atoms with Gasteiger partial charge in [-0.15, -0.1) is 13.2 Å². The quantitative estimate of drug-likeness (QED) is 0.483. The van der Waals surface area contributed by atoms with Crippen molar-refractivity contribution in [3.63, 3.8) is 0 Å². The number of rotatable bonds is 6. The highest BCUT2D eigenvalue weighted by molar-refractivity contribution is 6.85. The molecule has 0 spiro atoms. The molecule has 0 aliphatic rings. The van der Waals surface area contributed by atoms with Gasteiger partial charge in [-0.05, 0) is 38.3 Å². The van der Waals surface area contributed by atoms with Crippen molar-refractivity contribution in [2.45, 2.75) is 38.3 Å². The van der Waals surface area contributed by atoms with Gasteiger partial charge in [-0.1, -0.05) is 12.2 Å². The minimum Gasteiger partial charge on any atom is -0.455 e. The van der Waals surface area contributed by atoms with E-state index in [1.807, 2.05) is 12.2 Å². The van der Waals surface area contributed by atoms with E-state index >= 15 is 0 Å². The lowest BCUT2D eigenvalue weighted by atomic mass is 10.7. The highest BCUT2D eigenvalue weighted by Crippen LogP contribution is 2.23. The molecule has 0 saturated heterocycles. The van der Waals surface area contributed by atoms with E-state index in [2.05, 4.69) is 39.3 Å². The summed E-state index contributed by atoms with van der Waals surface area (Å²) in [5, 5.41) is 0. The second-order valence-electron chi connectivity index (χ2n) is 4.65. The molecule has 13 heavy (non-hydrogen) atoms. The first kappa shape index (κ1) is 12.9. The molecular weight excluding hydrogens is 192 g/mol. The highest BCUT2D eigenvalue weighted by Gasteiger charge is 2.31. The van der Waals surface area contributed by atoms with E-state index in [1.54, 1.807) is 0 Å². The summed E-state index contributed by atoms with van der Waals surface area (Å²) in [4.78, 5) is 0. The maximum absolute atomic E-state index is 6.24. The fraction of sp³-hybridized carbons (Fsp3) is 0.600. The van der Waals surface area contributed by atoms with Gasteiger partial charge in [0.05, 0.1) is 0 Å². The summed E-state index contributed by atoms with van der Waals surface area (Å²) in [6.07, 6.45) is 3.96. The summed E-state index contributed by atoms with van der Waals surface area (Å²) in [5.41, 5.74) is 0. The maximum atomic E-state index is 6.24. The minimum atomic E-state index is -1.56. The molecule has 0 aliphatic carbocycles. The summed E-state index contributed by atoms with van der Waals surface area (Å²) in [5.74, 6) is 0. The molecule has 0 heterocycles. The highest BCUT2D eigenvalue weighted by atomic mass is 28.4. The molecule has 0 bridgehead atoms. The lowest BCUT2D eigenvalue weighted by Crippen LogP contribution is -2.43. The average Bonchev–Trinajstić information content (AvgIpc) is 1.82. The van der Waals surface area contributed by atoms with Gasteiger partial charge < -0.3 is 4.12 Å². The number of hydrogen-bond donors (Lipinski definition) is 0. The lowest BCUT2D eigenvalue weighted by Gasteiger charge is -2.33. The third kappa shape index (κ3) is 6.01. The molecule has 1 nitrogen and oxygen atoms in total. The van der Waals surface area contributed by atoms with Crippen LogP contribution in [0.15, 0.2) is 25.3 Å². The molecule has 0 aromatic heterocycles. The van der Waals surface area contributed by atoms with Crippen molar-refractivity contribution in [2.75, 3.05) is 0 Å². The molecule has 0 unspecified atom stereocenters. The molecule has 0 fully saturated rings. The van der Waals surface area contributed by atoms with Crippen molar-refractivity contribution in [3.8, 4) is 0 Å². The summed E-state index contributed by atoms with van der Waals surface area (Å²) in [6, 6.07) is 2.06. The zero-order valence-electron chi connectivity index (χ0n) is 9.39. The molecule has 0 amide bonds. The van der Waals surface area contributed by atoms with Crippen LogP contribution >= 0.6 is 0 Å². The molecule has 0 rings (SSSR count). The number of hydrogen-bond acceptors (Lipinski definition) is 1. The largest absolute Gasteiger partial charge is 0.455 e. The van der Waals surface area contributed by atoms with Crippen LogP contribution in [0.4, 0.5) is 0 Å². The summed E-state index contributed by atoms with van der Waals surface area (Å²) >= 11 is 0. The molecule has 0 atom stereocenters. The van der Waals surface area contributed by atoms with E-state index in [0.29, 0.717) is 0 Å². The van der Waals surface area contributed by atoms with Gasteiger partial charge in [0, 0.05) is 0 Å². The van der Waals surface area contributed by atoms with Crippen LogP contribution in [-0.4, -0.2) is 16.6 Å². The molecule has 0 aromatic rings. The maximum Gasteiger partial charge on any atom is 0.184 e. The van der Waals surface area contributed by atoms with Gasteiger partial charge in [0.25, 0.3) is 0 Å². The Balaban J connectivity index is 4.39. The predicted molar refractivity (Wildman–Crippen MR) is 66.1 cm³/mol.